The molecule has 4 N–H and O–H groups in total. The predicted octanol–water partition coefficient (Wildman–Crippen LogP) is 1.81. The fourth-order valence-electron chi connectivity index (χ4n) is 2.99. The second-order valence-electron chi connectivity index (χ2n) is 6.93. The Labute approximate surface area is 144 Å². The Morgan fingerprint density at radius 2 is 1.96 bits per heavy atom. The molecule has 1 aromatic rings. The van der Waals surface area contributed by atoms with Crippen molar-refractivity contribution < 1.29 is 10.2 Å². The number of aliphatic hydroxyl groups excluding tert-OH is 2. The van der Waals surface area contributed by atoms with Crippen molar-refractivity contribution in [2.75, 3.05) is 25.0 Å². The zero-order chi connectivity index (χ0) is 17.9. The van der Waals surface area contributed by atoms with Crippen molar-refractivity contribution in [2.45, 2.75) is 59.3 Å². The number of piperidine rings is 1. The lowest BCUT2D eigenvalue weighted by molar-refractivity contribution is 0.109. The van der Waals surface area contributed by atoms with Crippen LogP contribution in [0.2, 0.25) is 0 Å². The van der Waals surface area contributed by atoms with E-state index in [0.717, 1.165) is 12.4 Å². The van der Waals surface area contributed by atoms with Gasteiger partial charge in [0, 0.05) is 26.2 Å². The van der Waals surface area contributed by atoms with Crippen LogP contribution in [0.5, 0.6) is 0 Å². The van der Waals surface area contributed by atoms with Crippen molar-refractivity contribution in [1.82, 2.24) is 14.5 Å². The maximum atomic E-state index is 10.0. The van der Waals surface area contributed by atoms with Crippen LogP contribution in [-0.2, 0) is 6.54 Å². The molecule has 0 spiro atoms. The van der Waals surface area contributed by atoms with Crippen molar-refractivity contribution in [1.29, 1.82) is 5.41 Å². The van der Waals surface area contributed by atoms with Gasteiger partial charge in [0.25, 0.3) is 0 Å². The number of imidazole rings is 1. The van der Waals surface area contributed by atoms with Crippen molar-refractivity contribution in [3.8, 4) is 0 Å². The lowest BCUT2D eigenvalue weighted by Gasteiger charge is -2.31. The number of nitrogens with zero attached hydrogens (tertiary/aromatic N) is 3. The van der Waals surface area contributed by atoms with Gasteiger partial charge in [0.15, 0.2) is 5.84 Å². The molecule has 0 radical (unpaired) electrons. The first kappa shape index (κ1) is 18.7. The molecule has 2 rings (SSSR count). The molecule has 1 unspecified atom stereocenters. The smallest absolute Gasteiger partial charge is 0.150 e. The molecular formula is C17H31N5O2. The Balaban J connectivity index is 2.33. The van der Waals surface area contributed by atoms with Crippen LogP contribution in [0.4, 0.5) is 5.82 Å². The Bertz CT molecular complexity index is 560. The molecule has 24 heavy (non-hydrogen) atoms. The van der Waals surface area contributed by atoms with Gasteiger partial charge in [-0.15, -0.1) is 0 Å². The highest BCUT2D eigenvalue weighted by Gasteiger charge is 2.27. The number of aliphatic hydroxyl groups is 2. The normalized spacial score (nSPS) is 17.4. The van der Waals surface area contributed by atoms with E-state index < -0.39 is 6.10 Å². The molecule has 1 aromatic heterocycles. The summed E-state index contributed by atoms with van der Waals surface area (Å²) in [6.07, 6.45) is 0.395. The zero-order valence-electron chi connectivity index (χ0n) is 15.2. The molecule has 7 heteroatoms. The third-order valence-corrected chi connectivity index (χ3v) is 4.37. The molecule has 2 heterocycles. The third kappa shape index (κ3) is 4.08. The van der Waals surface area contributed by atoms with Crippen LogP contribution in [0.1, 0.15) is 58.2 Å². The first-order valence-corrected chi connectivity index (χ1v) is 8.89. The molecule has 1 atom stereocenters. The van der Waals surface area contributed by atoms with Crippen LogP contribution in [-0.4, -0.2) is 56.2 Å². The molecule has 1 aliphatic rings. The quantitative estimate of drug-likeness (QED) is 0.469. The maximum Gasteiger partial charge on any atom is 0.150 e. The average molecular weight is 337 g/mol. The summed E-state index contributed by atoms with van der Waals surface area (Å²) in [7, 11) is 0. The lowest BCUT2D eigenvalue weighted by Crippen LogP contribution is -2.40. The molecule has 136 valence electrons. The van der Waals surface area contributed by atoms with Gasteiger partial charge in [-0.1, -0.05) is 13.8 Å². The molecule has 0 saturated carbocycles. The molecule has 1 fully saturated rings. The molecule has 0 amide bonds. The largest absolute Gasteiger partial charge is 0.393 e. The van der Waals surface area contributed by atoms with Gasteiger partial charge >= 0.3 is 0 Å². The van der Waals surface area contributed by atoms with E-state index >= 15 is 0 Å². The zero-order valence-corrected chi connectivity index (χ0v) is 15.2. The van der Waals surface area contributed by atoms with Gasteiger partial charge in [-0.25, -0.2) is 4.98 Å². The summed E-state index contributed by atoms with van der Waals surface area (Å²) in [5.74, 6) is 2.22. The van der Waals surface area contributed by atoms with Gasteiger partial charge < -0.3 is 25.0 Å². The SMILES string of the molecule is CCn1c(C(C)O)nc(C(=N)N2CCC(O)CC2)c1NCC(C)C. The second-order valence-corrected chi connectivity index (χ2v) is 6.93. The molecule has 0 bridgehead atoms. The Morgan fingerprint density at radius 3 is 2.46 bits per heavy atom. The summed E-state index contributed by atoms with van der Waals surface area (Å²) in [5, 5.41) is 31.7. The number of hydrogen-bond donors (Lipinski definition) is 4. The summed E-state index contributed by atoms with van der Waals surface area (Å²) < 4.78 is 1.95. The Kier molecular flexibility index (Phi) is 6.23. The number of likely N-dealkylation sites (tertiary alicyclic amines) is 1. The van der Waals surface area contributed by atoms with Crippen molar-refractivity contribution >= 4 is 11.7 Å². The summed E-state index contributed by atoms with van der Waals surface area (Å²) in [5.41, 5.74) is 0.588. The molecular weight excluding hydrogens is 306 g/mol. The first-order chi connectivity index (χ1) is 11.3. The highest BCUT2D eigenvalue weighted by Crippen LogP contribution is 2.25. The van der Waals surface area contributed by atoms with E-state index in [0.29, 0.717) is 55.7 Å². The first-order valence-electron chi connectivity index (χ1n) is 8.89. The van der Waals surface area contributed by atoms with Crippen molar-refractivity contribution in [3.05, 3.63) is 11.5 Å². The maximum absolute atomic E-state index is 10.0. The number of nitrogens with one attached hydrogen (secondary N) is 2. The van der Waals surface area contributed by atoms with Crippen LogP contribution >= 0.6 is 0 Å². The van der Waals surface area contributed by atoms with E-state index in [1.54, 1.807) is 6.92 Å². The monoisotopic (exact) mass is 337 g/mol. The fraction of sp³-hybridized carbons (Fsp3) is 0.765. The van der Waals surface area contributed by atoms with Crippen LogP contribution < -0.4 is 5.32 Å². The molecule has 0 aromatic carbocycles. The second kappa shape index (κ2) is 7.98. The minimum atomic E-state index is -0.686. The van der Waals surface area contributed by atoms with E-state index in [9.17, 15) is 10.2 Å². The molecule has 1 aliphatic heterocycles. The summed E-state index contributed by atoms with van der Waals surface area (Å²) >= 11 is 0. The predicted molar refractivity (Wildman–Crippen MR) is 95.5 cm³/mol. The summed E-state index contributed by atoms with van der Waals surface area (Å²) in [4.78, 5) is 6.53. The van der Waals surface area contributed by atoms with E-state index in [2.05, 4.69) is 24.1 Å². The van der Waals surface area contributed by atoms with Gasteiger partial charge in [-0.2, -0.15) is 0 Å². The topological polar surface area (TPSA) is 97.4 Å². The van der Waals surface area contributed by atoms with Crippen LogP contribution in [0.15, 0.2) is 0 Å². The minimum absolute atomic E-state index is 0.270. The number of aromatic nitrogens is 2. The highest BCUT2D eigenvalue weighted by atomic mass is 16.3. The number of anilines is 1. The van der Waals surface area contributed by atoms with Gasteiger partial charge in [0.1, 0.15) is 23.4 Å². The van der Waals surface area contributed by atoms with Crippen molar-refractivity contribution in [2.24, 2.45) is 5.92 Å². The van der Waals surface area contributed by atoms with Gasteiger partial charge in [0.05, 0.1) is 6.10 Å². The van der Waals surface area contributed by atoms with Crippen molar-refractivity contribution in [3.63, 3.8) is 0 Å². The number of hydrogen-bond acceptors (Lipinski definition) is 5. The molecule has 1 saturated heterocycles. The molecule has 7 nitrogen and oxygen atoms in total. The average Bonchev–Trinajstić information content (AvgIpc) is 2.91. The highest BCUT2D eigenvalue weighted by molar-refractivity contribution is 5.99. The van der Waals surface area contributed by atoms with Crippen LogP contribution in [0.3, 0.4) is 0 Å². The van der Waals surface area contributed by atoms with Crippen LogP contribution in [0, 0.1) is 11.3 Å². The van der Waals surface area contributed by atoms with E-state index in [1.165, 1.54) is 0 Å². The lowest BCUT2D eigenvalue weighted by atomic mass is 10.1. The fourth-order valence-corrected chi connectivity index (χ4v) is 2.99. The Morgan fingerprint density at radius 1 is 1.33 bits per heavy atom. The molecule has 0 aliphatic carbocycles. The standard InChI is InChI=1S/C17H31N5O2/c1-5-22-16(12(4)23)20-14(17(22)19-10-11(2)3)15(18)21-8-6-13(24)7-9-21/h11-13,18-19,23-24H,5-10H2,1-4H3. The Hall–Kier alpha value is -1.60. The van der Waals surface area contributed by atoms with Gasteiger partial charge in [-0.05, 0) is 32.6 Å². The summed E-state index contributed by atoms with van der Waals surface area (Å²) in [6, 6.07) is 0. The van der Waals surface area contributed by atoms with Gasteiger partial charge in [-0.3, -0.25) is 5.41 Å². The van der Waals surface area contributed by atoms with E-state index in [-0.39, 0.29) is 6.10 Å². The minimum Gasteiger partial charge on any atom is -0.393 e. The van der Waals surface area contributed by atoms with Crippen LogP contribution in [0.25, 0.3) is 0 Å². The third-order valence-electron chi connectivity index (χ3n) is 4.37. The number of amidine groups is 1. The van der Waals surface area contributed by atoms with Gasteiger partial charge in [0.2, 0.25) is 0 Å². The van der Waals surface area contributed by atoms with E-state index in [4.69, 9.17) is 5.41 Å². The number of rotatable bonds is 6. The van der Waals surface area contributed by atoms with E-state index in [1.807, 2.05) is 16.4 Å². The summed E-state index contributed by atoms with van der Waals surface area (Å²) in [6.45, 7) is 10.8.